The molecule has 106 valence electrons. The monoisotopic (exact) mass is 264 g/mol. The molecule has 2 N–H and O–H groups in total. The molecule has 0 saturated carbocycles. The first-order chi connectivity index (χ1) is 8.83. The smallest absolute Gasteiger partial charge is 0.252 e. The van der Waals surface area contributed by atoms with Crippen LogP contribution in [-0.2, 0) is 9.53 Å². The van der Waals surface area contributed by atoms with Gasteiger partial charge in [0.1, 0.15) is 6.61 Å². The number of rotatable bonds is 5. The van der Waals surface area contributed by atoms with Crippen LogP contribution in [0.2, 0.25) is 0 Å². The Balaban J connectivity index is 2.76. The van der Waals surface area contributed by atoms with E-state index in [0.29, 0.717) is 12.2 Å². The number of hydrogen-bond acceptors (Lipinski definition) is 3. The second-order valence-corrected chi connectivity index (χ2v) is 5.54. The summed E-state index contributed by atoms with van der Waals surface area (Å²) in [5.41, 5.74) is 6.91. The largest absolute Gasteiger partial charge is 0.399 e. The summed E-state index contributed by atoms with van der Waals surface area (Å²) in [5, 5.41) is 0. The van der Waals surface area contributed by atoms with E-state index in [2.05, 4.69) is 0 Å². The first-order valence-electron chi connectivity index (χ1n) is 6.63. The summed E-state index contributed by atoms with van der Waals surface area (Å²) in [6, 6.07) is 7.33. The molecule has 0 unspecified atom stereocenters. The Hall–Kier alpha value is -1.55. The van der Waals surface area contributed by atoms with Crippen molar-refractivity contribution < 1.29 is 9.53 Å². The van der Waals surface area contributed by atoms with Crippen LogP contribution in [0.25, 0.3) is 0 Å². The maximum absolute atomic E-state index is 12.2. The predicted molar refractivity (Wildman–Crippen MR) is 79.2 cm³/mol. The van der Waals surface area contributed by atoms with E-state index in [9.17, 15) is 4.79 Å². The van der Waals surface area contributed by atoms with Crippen LogP contribution >= 0.6 is 0 Å². The molecule has 0 aliphatic heterocycles. The van der Waals surface area contributed by atoms with Crippen LogP contribution in [0.5, 0.6) is 0 Å². The highest BCUT2D eigenvalue weighted by Crippen LogP contribution is 2.17. The Bertz CT molecular complexity index is 407. The highest BCUT2D eigenvalue weighted by atomic mass is 16.5. The number of benzene rings is 1. The Morgan fingerprint density at radius 2 is 1.84 bits per heavy atom. The van der Waals surface area contributed by atoms with Crippen LogP contribution in [0.4, 0.5) is 11.4 Å². The van der Waals surface area contributed by atoms with Gasteiger partial charge in [0.2, 0.25) is 0 Å². The van der Waals surface area contributed by atoms with Crippen LogP contribution in [0.1, 0.15) is 34.1 Å². The lowest BCUT2D eigenvalue weighted by Gasteiger charge is -2.25. The van der Waals surface area contributed by atoms with Gasteiger partial charge in [0, 0.05) is 17.9 Å². The van der Waals surface area contributed by atoms with Gasteiger partial charge in [0.15, 0.2) is 0 Å². The summed E-state index contributed by atoms with van der Waals surface area (Å²) in [7, 11) is 0. The number of carbonyl (C=O) groups excluding carboxylic acids is 1. The molecule has 1 aromatic rings. The topological polar surface area (TPSA) is 55.6 Å². The minimum Gasteiger partial charge on any atom is -0.399 e. The first kappa shape index (κ1) is 15.5. The van der Waals surface area contributed by atoms with E-state index in [-0.39, 0.29) is 18.1 Å². The molecule has 1 amide bonds. The third-order valence-electron chi connectivity index (χ3n) is 2.58. The van der Waals surface area contributed by atoms with Crippen molar-refractivity contribution in [1.82, 2.24) is 0 Å². The fraction of sp³-hybridized carbons (Fsp3) is 0.533. The van der Waals surface area contributed by atoms with E-state index in [0.717, 1.165) is 12.1 Å². The van der Waals surface area contributed by atoms with Crippen molar-refractivity contribution in [1.29, 1.82) is 0 Å². The molecule has 0 atom stereocenters. The highest BCUT2D eigenvalue weighted by Gasteiger charge is 2.18. The van der Waals surface area contributed by atoms with E-state index in [1.54, 1.807) is 17.0 Å². The maximum atomic E-state index is 12.2. The SMILES string of the molecule is CCCN(C(=O)COC(C)(C)C)c1ccc(N)cc1. The summed E-state index contributed by atoms with van der Waals surface area (Å²) in [4.78, 5) is 14.0. The Morgan fingerprint density at radius 3 is 2.32 bits per heavy atom. The number of nitrogens with zero attached hydrogens (tertiary/aromatic N) is 1. The molecule has 0 aromatic heterocycles. The quantitative estimate of drug-likeness (QED) is 0.832. The molecule has 0 aliphatic rings. The molecule has 0 aliphatic carbocycles. The van der Waals surface area contributed by atoms with Gasteiger partial charge in [-0.15, -0.1) is 0 Å². The van der Waals surface area contributed by atoms with E-state index in [4.69, 9.17) is 10.5 Å². The molecule has 4 nitrogen and oxygen atoms in total. The summed E-state index contributed by atoms with van der Waals surface area (Å²) in [5.74, 6) is -0.0263. The second-order valence-electron chi connectivity index (χ2n) is 5.54. The molecule has 19 heavy (non-hydrogen) atoms. The van der Waals surface area contributed by atoms with Gasteiger partial charge in [-0.1, -0.05) is 6.92 Å². The van der Waals surface area contributed by atoms with Crippen molar-refractivity contribution in [3.05, 3.63) is 24.3 Å². The van der Waals surface area contributed by atoms with Gasteiger partial charge in [-0.05, 0) is 51.5 Å². The van der Waals surface area contributed by atoms with Crippen molar-refractivity contribution in [3.63, 3.8) is 0 Å². The van der Waals surface area contributed by atoms with Crippen molar-refractivity contribution >= 4 is 17.3 Å². The molecule has 4 heteroatoms. The molecular formula is C15H24N2O2. The van der Waals surface area contributed by atoms with Gasteiger partial charge in [0.25, 0.3) is 5.91 Å². The number of anilines is 2. The zero-order valence-corrected chi connectivity index (χ0v) is 12.3. The average Bonchev–Trinajstić information content (AvgIpc) is 2.33. The minimum absolute atomic E-state index is 0.0263. The molecule has 0 bridgehead atoms. The van der Waals surface area contributed by atoms with E-state index < -0.39 is 0 Å². The van der Waals surface area contributed by atoms with Crippen molar-refractivity contribution in [2.24, 2.45) is 0 Å². The van der Waals surface area contributed by atoms with Gasteiger partial charge in [-0.2, -0.15) is 0 Å². The number of amides is 1. The standard InChI is InChI=1S/C15H24N2O2/c1-5-10-17(13-8-6-12(16)7-9-13)14(18)11-19-15(2,3)4/h6-9H,5,10-11,16H2,1-4H3. The lowest BCUT2D eigenvalue weighted by molar-refractivity contribution is -0.127. The van der Waals surface area contributed by atoms with E-state index in [1.807, 2.05) is 39.8 Å². The van der Waals surface area contributed by atoms with Crippen molar-refractivity contribution in [2.75, 3.05) is 23.8 Å². The van der Waals surface area contributed by atoms with Crippen molar-refractivity contribution in [3.8, 4) is 0 Å². The molecule has 0 saturated heterocycles. The van der Waals surface area contributed by atoms with Gasteiger partial charge in [-0.25, -0.2) is 0 Å². The number of ether oxygens (including phenoxy) is 1. The summed E-state index contributed by atoms with van der Waals surface area (Å²) < 4.78 is 5.55. The van der Waals surface area contributed by atoms with Crippen LogP contribution in [0.15, 0.2) is 24.3 Å². The van der Waals surface area contributed by atoms with Crippen LogP contribution in [-0.4, -0.2) is 24.7 Å². The third-order valence-corrected chi connectivity index (χ3v) is 2.58. The molecule has 1 rings (SSSR count). The zero-order valence-electron chi connectivity index (χ0n) is 12.3. The van der Waals surface area contributed by atoms with Crippen molar-refractivity contribution in [2.45, 2.75) is 39.7 Å². The summed E-state index contributed by atoms with van der Waals surface area (Å²) >= 11 is 0. The number of nitrogen functional groups attached to an aromatic ring is 1. The number of hydrogen-bond donors (Lipinski definition) is 1. The third kappa shape index (κ3) is 5.30. The van der Waals surface area contributed by atoms with Crippen LogP contribution < -0.4 is 10.6 Å². The molecule has 0 spiro atoms. The van der Waals surface area contributed by atoms with Crippen LogP contribution in [0.3, 0.4) is 0 Å². The lowest BCUT2D eigenvalue weighted by Crippen LogP contribution is -2.37. The lowest BCUT2D eigenvalue weighted by atomic mass is 10.2. The normalized spacial score (nSPS) is 11.4. The number of carbonyl (C=O) groups is 1. The van der Waals surface area contributed by atoms with Gasteiger partial charge in [-0.3, -0.25) is 4.79 Å². The molecule has 1 aromatic carbocycles. The van der Waals surface area contributed by atoms with E-state index in [1.165, 1.54) is 0 Å². The molecular weight excluding hydrogens is 240 g/mol. The molecule has 0 fully saturated rings. The highest BCUT2D eigenvalue weighted by molar-refractivity contribution is 5.94. The average molecular weight is 264 g/mol. The minimum atomic E-state index is -0.311. The first-order valence-corrected chi connectivity index (χ1v) is 6.63. The summed E-state index contributed by atoms with van der Waals surface area (Å²) in [6.07, 6.45) is 0.894. The fourth-order valence-corrected chi connectivity index (χ4v) is 1.63. The van der Waals surface area contributed by atoms with Crippen LogP contribution in [0, 0.1) is 0 Å². The van der Waals surface area contributed by atoms with Gasteiger partial charge < -0.3 is 15.4 Å². The van der Waals surface area contributed by atoms with Gasteiger partial charge in [0.05, 0.1) is 5.60 Å². The zero-order chi connectivity index (χ0) is 14.5. The van der Waals surface area contributed by atoms with E-state index >= 15 is 0 Å². The Labute approximate surface area is 115 Å². The number of nitrogens with two attached hydrogens (primary N) is 1. The Kier molecular flexibility index (Phi) is 5.36. The maximum Gasteiger partial charge on any atom is 0.252 e. The predicted octanol–water partition coefficient (Wildman–Crippen LogP) is 2.83. The Morgan fingerprint density at radius 1 is 1.26 bits per heavy atom. The molecule has 0 radical (unpaired) electrons. The van der Waals surface area contributed by atoms with Gasteiger partial charge >= 0.3 is 0 Å². The molecule has 0 heterocycles. The second kappa shape index (κ2) is 6.57. The summed E-state index contributed by atoms with van der Waals surface area (Å²) in [6.45, 7) is 8.63. The fourth-order valence-electron chi connectivity index (χ4n) is 1.63.